The van der Waals surface area contributed by atoms with Gasteiger partial charge in [-0.2, -0.15) is 0 Å². The van der Waals surface area contributed by atoms with Crippen LogP contribution in [0.1, 0.15) is 20.8 Å². The van der Waals surface area contributed by atoms with E-state index in [1.165, 1.54) is 6.92 Å². The predicted molar refractivity (Wildman–Crippen MR) is 62.0 cm³/mol. The fourth-order valence-electron chi connectivity index (χ4n) is 1.73. The Morgan fingerprint density at radius 1 is 1.50 bits per heavy atom. The molecular weight excluding hydrogens is 229 g/mol. The zero-order chi connectivity index (χ0) is 12.6. The topological polar surface area (TPSA) is 64.6 Å². The van der Waals surface area contributed by atoms with E-state index in [1.54, 1.807) is 27.2 Å². The molecule has 94 valence electrons. The third-order valence-electron chi connectivity index (χ3n) is 2.40. The van der Waals surface area contributed by atoms with E-state index >= 15 is 0 Å². The molecule has 1 saturated heterocycles. The van der Waals surface area contributed by atoms with Crippen molar-refractivity contribution in [1.82, 2.24) is 5.32 Å². The highest BCUT2D eigenvalue weighted by atomic mass is 31.2. The van der Waals surface area contributed by atoms with Gasteiger partial charge in [-0.25, -0.2) is 0 Å². The molecule has 2 atom stereocenters. The van der Waals surface area contributed by atoms with Crippen LogP contribution in [0.15, 0.2) is 0 Å². The number of carbonyl (C=O) groups is 1. The van der Waals surface area contributed by atoms with Crippen molar-refractivity contribution in [3.63, 3.8) is 0 Å². The molecule has 0 saturated carbocycles. The maximum absolute atomic E-state index is 12.1. The molecule has 0 aromatic carbocycles. The monoisotopic (exact) mass is 249 g/mol. The Morgan fingerprint density at radius 3 is 2.38 bits per heavy atom. The Morgan fingerprint density at radius 2 is 2.06 bits per heavy atom. The third-order valence-corrected chi connectivity index (χ3v) is 4.21. The summed E-state index contributed by atoms with van der Waals surface area (Å²) in [6, 6.07) is 0. The van der Waals surface area contributed by atoms with Gasteiger partial charge in [0, 0.05) is 6.92 Å². The van der Waals surface area contributed by atoms with Gasteiger partial charge in [0.2, 0.25) is 5.91 Å². The van der Waals surface area contributed by atoms with Crippen molar-refractivity contribution in [1.29, 1.82) is 0 Å². The van der Waals surface area contributed by atoms with E-state index in [1.807, 2.05) is 0 Å². The maximum atomic E-state index is 12.1. The zero-order valence-corrected chi connectivity index (χ0v) is 11.3. The molecule has 6 heteroatoms. The average Bonchev–Trinajstić information content (AvgIpc) is 2.39. The fraction of sp³-hybridized carbons (Fsp3) is 0.900. The van der Waals surface area contributed by atoms with Gasteiger partial charge in [0.25, 0.3) is 0 Å². The molecule has 0 radical (unpaired) electrons. The summed E-state index contributed by atoms with van der Waals surface area (Å²) in [4.78, 5) is 11.1. The smallest absolute Gasteiger partial charge is 0.217 e. The van der Waals surface area contributed by atoms with Gasteiger partial charge >= 0.3 is 0 Å². The molecule has 1 amide bonds. The van der Waals surface area contributed by atoms with Gasteiger partial charge in [-0.05, 0) is 27.2 Å². The van der Waals surface area contributed by atoms with E-state index in [0.29, 0.717) is 6.61 Å². The summed E-state index contributed by atoms with van der Waals surface area (Å²) in [5.74, 6) is -1.36. The van der Waals surface area contributed by atoms with Crippen molar-refractivity contribution in [2.45, 2.75) is 38.4 Å². The summed E-state index contributed by atoms with van der Waals surface area (Å²) >= 11 is 0. The van der Waals surface area contributed by atoms with Gasteiger partial charge in [0.05, 0.1) is 6.61 Å². The number of carbonyl (C=O) groups excluding carboxylic acids is 1. The minimum absolute atomic E-state index is 0.206. The second-order valence-electron chi connectivity index (χ2n) is 4.95. The highest BCUT2D eigenvalue weighted by Crippen LogP contribution is 2.45. The molecule has 1 unspecified atom stereocenters. The van der Waals surface area contributed by atoms with Gasteiger partial charge in [0.15, 0.2) is 5.79 Å². The fourth-order valence-corrected chi connectivity index (χ4v) is 3.17. The molecule has 0 aliphatic carbocycles. The molecule has 0 spiro atoms. The lowest BCUT2D eigenvalue weighted by molar-refractivity contribution is -0.140. The van der Waals surface area contributed by atoms with E-state index in [-0.39, 0.29) is 12.0 Å². The normalized spacial score (nSPS) is 26.4. The van der Waals surface area contributed by atoms with Crippen LogP contribution in [-0.4, -0.2) is 43.5 Å². The second kappa shape index (κ2) is 4.47. The molecule has 0 bridgehead atoms. The van der Waals surface area contributed by atoms with Crippen LogP contribution >= 0.6 is 7.14 Å². The zero-order valence-electron chi connectivity index (χ0n) is 10.4. The van der Waals surface area contributed by atoms with Gasteiger partial charge in [0.1, 0.15) is 19.0 Å². The Hall–Kier alpha value is -0.380. The van der Waals surface area contributed by atoms with E-state index in [4.69, 9.17) is 9.47 Å². The van der Waals surface area contributed by atoms with E-state index in [0.717, 1.165) is 0 Å². The summed E-state index contributed by atoms with van der Waals surface area (Å²) in [5, 5.41) is 2.69. The van der Waals surface area contributed by atoms with Crippen molar-refractivity contribution >= 4 is 13.0 Å². The first kappa shape index (κ1) is 13.7. The molecule has 1 fully saturated rings. The van der Waals surface area contributed by atoms with E-state index in [2.05, 4.69) is 5.32 Å². The number of rotatable bonds is 3. The summed E-state index contributed by atoms with van der Waals surface area (Å²) in [6.07, 6.45) is -0.347. The van der Waals surface area contributed by atoms with Gasteiger partial charge in [-0.3, -0.25) is 4.79 Å². The first-order valence-electron chi connectivity index (χ1n) is 5.25. The van der Waals surface area contributed by atoms with Gasteiger partial charge in [-0.15, -0.1) is 0 Å². The summed E-state index contributed by atoms with van der Waals surface area (Å²) in [6.45, 7) is 8.64. The molecule has 1 heterocycles. The Kier molecular flexibility index (Phi) is 3.83. The van der Waals surface area contributed by atoms with Crippen LogP contribution < -0.4 is 5.32 Å². The molecule has 16 heavy (non-hydrogen) atoms. The van der Waals surface area contributed by atoms with Crippen molar-refractivity contribution in [3.8, 4) is 0 Å². The van der Waals surface area contributed by atoms with Crippen LogP contribution in [0.2, 0.25) is 0 Å². The second-order valence-corrected chi connectivity index (χ2v) is 8.37. The van der Waals surface area contributed by atoms with Gasteiger partial charge < -0.3 is 19.4 Å². The lowest BCUT2D eigenvalue weighted by Gasteiger charge is -2.27. The number of amides is 1. The average molecular weight is 249 g/mol. The summed E-state index contributed by atoms with van der Waals surface area (Å²) in [7, 11) is -2.47. The van der Waals surface area contributed by atoms with E-state index in [9.17, 15) is 9.36 Å². The summed E-state index contributed by atoms with van der Waals surface area (Å²) in [5.41, 5.74) is 0. The highest BCUT2D eigenvalue weighted by molar-refractivity contribution is 7.63. The molecule has 5 nitrogen and oxygen atoms in total. The predicted octanol–water partition coefficient (Wildman–Crippen LogP) is 1.22. The number of ether oxygens (including phenoxy) is 2. The van der Waals surface area contributed by atoms with Crippen molar-refractivity contribution in [2.24, 2.45) is 0 Å². The Labute approximate surface area is 96.2 Å². The lowest BCUT2D eigenvalue weighted by atomic mass is 10.3. The minimum Gasteiger partial charge on any atom is -0.348 e. The van der Waals surface area contributed by atoms with Crippen LogP contribution in [0, 0.1) is 0 Å². The first-order valence-corrected chi connectivity index (χ1v) is 7.92. The molecule has 1 rings (SSSR count). The number of hydrogen-bond donors (Lipinski definition) is 1. The largest absolute Gasteiger partial charge is 0.348 e. The molecule has 1 N–H and O–H groups in total. The van der Waals surface area contributed by atoms with Crippen molar-refractivity contribution in [3.05, 3.63) is 0 Å². The number of hydrogen-bond acceptors (Lipinski definition) is 4. The highest BCUT2D eigenvalue weighted by Gasteiger charge is 2.42. The van der Waals surface area contributed by atoms with Crippen LogP contribution in [0.3, 0.4) is 0 Å². The van der Waals surface area contributed by atoms with Crippen LogP contribution in [-0.2, 0) is 18.8 Å². The number of nitrogens with one attached hydrogen (secondary N) is 1. The standard InChI is InChI=1S/C10H20NO4P/c1-7(12)11-9(16(4,5)13)8-6-14-10(2,3)15-8/h8-9H,6H2,1-5H3,(H,11,12)/t8?,9-/m1/s1. The molecule has 1 aliphatic rings. The first-order chi connectivity index (χ1) is 7.12. The van der Waals surface area contributed by atoms with E-state index < -0.39 is 18.7 Å². The van der Waals surface area contributed by atoms with Crippen molar-refractivity contribution < 1.29 is 18.8 Å². The molecule has 1 aliphatic heterocycles. The molecule has 0 aromatic heterocycles. The third kappa shape index (κ3) is 3.58. The van der Waals surface area contributed by atoms with Crippen molar-refractivity contribution in [2.75, 3.05) is 19.9 Å². The summed E-state index contributed by atoms with van der Waals surface area (Å²) < 4.78 is 23.1. The maximum Gasteiger partial charge on any atom is 0.217 e. The molecular formula is C10H20NO4P. The lowest BCUT2D eigenvalue weighted by Crippen LogP contribution is -2.43. The van der Waals surface area contributed by atoms with Crippen LogP contribution in [0.25, 0.3) is 0 Å². The van der Waals surface area contributed by atoms with Crippen LogP contribution in [0.4, 0.5) is 0 Å². The Balaban J connectivity index is 2.79. The quantitative estimate of drug-likeness (QED) is 0.764. The van der Waals surface area contributed by atoms with Gasteiger partial charge in [-0.1, -0.05) is 0 Å². The minimum atomic E-state index is -2.47. The van der Waals surface area contributed by atoms with Crippen LogP contribution in [0.5, 0.6) is 0 Å². The Bertz CT molecular complexity index is 323. The SMILES string of the molecule is CC(=O)N[C@@H](C1COC(C)(C)O1)P(C)(C)=O. The molecule has 0 aromatic rings.